The Balaban J connectivity index is 1.76. The summed E-state index contributed by atoms with van der Waals surface area (Å²) in [5.74, 6) is 0.130. The van der Waals surface area contributed by atoms with Crippen molar-refractivity contribution < 1.29 is 14.3 Å². The molecule has 0 aliphatic carbocycles. The average Bonchev–Trinajstić information content (AvgIpc) is 2.48. The number of thioether (sulfide) groups is 1. The van der Waals surface area contributed by atoms with Gasteiger partial charge in [-0.3, -0.25) is 4.79 Å². The molecule has 5 heteroatoms. The van der Waals surface area contributed by atoms with E-state index in [1.165, 1.54) is 12.1 Å². The highest BCUT2D eigenvalue weighted by atomic mass is 32.2. The summed E-state index contributed by atoms with van der Waals surface area (Å²) in [4.78, 5) is 12.8. The molecule has 0 heterocycles. The van der Waals surface area contributed by atoms with Crippen LogP contribution in [0.2, 0.25) is 0 Å². The lowest BCUT2D eigenvalue weighted by Gasteiger charge is -2.05. The molecule has 0 radical (unpaired) electrons. The largest absolute Gasteiger partial charge is 0.392 e. The fourth-order valence-electron chi connectivity index (χ4n) is 1.74. The third-order valence-corrected chi connectivity index (χ3v) is 3.83. The summed E-state index contributed by atoms with van der Waals surface area (Å²) in [5, 5.41) is 11.6. The van der Waals surface area contributed by atoms with Gasteiger partial charge in [-0.25, -0.2) is 4.39 Å². The number of anilines is 1. The smallest absolute Gasteiger partial charge is 0.225 e. The molecule has 0 atom stereocenters. The van der Waals surface area contributed by atoms with Gasteiger partial charge in [-0.15, -0.1) is 11.8 Å². The topological polar surface area (TPSA) is 49.3 Å². The first kappa shape index (κ1) is 15.5. The first-order chi connectivity index (χ1) is 10.2. The highest BCUT2D eigenvalue weighted by Crippen LogP contribution is 2.19. The van der Waals surface area contributed by atoms with Gasteiger partial charge in [0, 0.05) is 22.8 Å². The first-order valence-corrected chi connectivity index (χ1v) is 7.54. The molecule has 0 aromatic heterocycles. The molecule has 2 N–H and O–H groups in total. The minimum absolute atomic E-state index is 0.0288. The molecule has 0 saturated carbocycles. The van der Waals surface area contributed by atoms with Crippen LogP contribution in [0.1, 0.15) is 12.0 Å². The van der Waals surface area contributed by atoms with Crippen LogP contribution in [0.25, 0.3) is 0 Å². The molecule has 0 aliphatic rings. The van der Waals surface area contributed by atoms with E-state index in [0.717, 1.165) is 10.5 Å². The van der Waals surface area contributed by atoms with Crippen molar-refractivity contribution in [2.45, 2.75) is 17.9 Å². The fraction of sp³-hybridized carbons (Fsp3) is 0.188. The molecular weight excluding hydrogens is 289 g/mol. The minimum Gasteiger partial charge on any atom is -0.392 e. The van der Waals surface area contributed by atoms with Gasteiger partial charge in [-0.05, 0) is 35.9 Å². The zero-order valence-corrected chi connectivity index (χ0v) is 12.2. The Morgan fingerprint density at radius 2 is 1.95 bits per heavy atom. The highest BCUT2D eigenvalue weighted by Gasteiger charge is 2.04. The van der Waals surface area contributed by atoms with Crippen LogP contribution in [-0.2, 0) is 11.4 Å². The second-order valence-corrected chi connectivity index (χ2v) is 5.63. The van der Waals surface area contributed by atoms with Crippen LogP contribution in [0.4, 0.5) is 10.1 Å². The molecule has 2 aromatic rings. The van der Waals surface area contributed by atoms with Gasteiger partial charge in [0.25, 0.3) is 0 Å². The summed E-state index contributed by atoms with van der Waals surface area (Å²) in [5.41, 5.74) is 1.33. The van der Waals surface area contributed by atoms with E-state index < -0.39 is 0 Å². The molecule has 3 nitrogen and oxygen atoms in total. The van der Waals surface area contributed by atoms with Crippen LogP contribution in [-0.4, -0.2) is 16.8 Å². The normalized spacial score (nSPS) is 10.4. The first-order valence-electron chi connectivity index (χ1n) is 6.55. The molecule has 2 rings (SSSR count). The van der Waals surface area contributed by atoms with Crippen molar-refractivity contribution in [3.63, 3.8) is 0 Å². The molecular formula is C16H16FNO2S. The highest BCUT2D eigenvalue weighted by molar-refractivity contribution is 7.99. The molecule has 0 aliphatic heterocycles. The van der Waals surface area contributed by atoms with Gasteiger partial charge < -0.3 is 10.4 Å². The molecule has 0 unspecified atom stereocenters. The van der Waals surface area contributed by atoms with E-state index in [2.05, 4.69) is 5.32 Å². The Morgan fingerprint density at radius 3 is 2.62 bits per heavy atom. The van der Waals surface area contributed by atoms with Gasteiger partial charge >= 0.3 is 0 Å². The Kier molecular flexibility index (Phi) is 5.78. The summed E-state index contributed by atoms with van der Waals surface area (Å²) in [7, 11) is 0. The van der Waals surface area contributed by atoms with Crippen LogP contribution in [0.3, 0.4) is 0 Å². The number of carbonyl (C=O) groups excluding carboxylic acids is 1. The van der Waals surface area contributed by atoms with Crippen molar-refractivity contribution in [1.82, 2.24) is 0 Å². The van der Waals surface area contributed by atoms with E-state index in [9.17, 15) is 9.18 Å². The number of halogens is 1. The maximum Gasteiger partial charge on any atom is 0.225 e. The molecule has 0 fully saturated rings. The predicted octanol–water partition coefficient (Wildman–Crippen LogP) is 3.44. The summed E-state index contributed by atoms with van der Waals surface area (Å²) in [6.45, 7) is 0.0288. The zero-order chi connectivity index (χ0) is 15.1. The Hall–Kier alpha value is -1.85. The molecule has 1 amide bonds. The van der Waals surface area contributed by atoms with E-state index in [0.29, 0.717) is 17.9 Å². The van der Waals surface area contributed by atoms with Gasteiger partial charge in [0.15, 0.2) is 0 Å². The van der Waals surface area contributed by atoms with Crippen molar-refractivity contribution in [3.05, 3.63) is 59.9 Å². The number of aliphatic hydroxyl groups is 1. The van der Waals surface area contributed by atoms with E-state index in [1.54, 1.807) is 23.9 Å². The van der Waals surface area contributed by atoms with Gasteiger partial charge in [0.1, 0.15) is 5.82 Å². The monoisotopic (exact) mass is 305 g/mol. The molecule has 2 aromatic carbocycles. The number of hydrogen-bond donors (Lipinski definition) is 2. The number of amides is 1. The minimum atomic E-state index is -0.369. The quantitative estimate of drug-likeness (QED) is 0.804. The Morgan fingerprint density at radius 1 is 1.19 bits per heavy atom. The standard InChI is InChI=1S/C16H16FNO2S/c17-13-2-1-3-14(10-13)18-16(20)8-9-21-15-6-4-12(11-19)5-7-15/h1-7,10,19H,8-9,11H2,(H,18,20). The molecule has 0 bridgehead atoms. The molecule has 110 valence electrons. The van der Waals surface area contributed by atoms with Crippen molar-refractivity contribution >= 4 is 23.4 Å². The number of aliphatic hydroxyl groups excluding tert-OH is 1. The maximum atomic E-state index is 13.0. The predicted molar refractivity (Wildman–Crippen MR) is 82.7 cm³/mol. The average molecular weight is 305 g/mol. The third-order valence-electron chi connectivity index (χ3n) is 2.81. The summed E-state index contributed by atoms with van der Waals surface area (Å²) >= 11 is 1.57. The van der Waals surface area contributed by atoms with Crippen LogP contribution < -0.4 is 5.32 Å². The Bertz CT molecular complexity index is 601. The summed E-state index contributed by atoms with van der Waals surface area (Å²) in [6.07, 6.45) is 0.350. The molecule has 21 heavy (non-hydrogen) atoms. The number of nitrogens with one attached hydrogen (secondary N) is 1. The SMILES string of the molecule is O=C(CCSc1ccc(CO)cc1)Nc1cccc(F)c1. The lowest BCUT2D eigenvalue weighted by Crippen LogP contribution is -2.12. The van der Waals surface area contributed by atoms with E-state index in [1.807, 2.05) is 24.3 Å². The summed E-state index contributed by atoms with van der Waals surface area (Å²) in [6, 6.07) is 13.4. The second kappa shape index (κ2) is 7.81. The number of carbonyl (C=O) groups is 1. The van der Waals surface area contributed by atoms with Crippen molar-refractivity contribution in [1.29, 1.82) is 0 Å². The van der Waals surface area contributed by atoms with Crippen molar-refractivity contribution in [2.24, 2.45) is 0 Å². The van der Waals surface area contributed by atoms with Crippen LogP contribution in [0.5, 0.6) is 0 Å². The van der Waals surface area contributed by atoms with Gasteiger partial charge in [0.2, 0.25) is 5.91 Å². The van der Waals surface area contributed by atoms with E-state index in [4.69, 9.17) is 5.11 Å². The lowest BCUT2D eigenvalue weighted by atomic mass is 10.2. The third kappa shape index (κ3) is 5.21. The van der Waals surface area contributed by atoms with Gasteiger partial charge in [-0.2, -0.15) is 0 Å². The van der Waals surface area contributed by atoms with Gasteiger partial charge in [0.05, 0.1) is 6.61 Å². The number of rotatable bonds is 6. The maximum absolute atomic E-state index is 13.0. The fourth-order valence-corrected chi connectivity index (χ4v) is 2.59. The second-order valence-electron chi connectivity index (χ2n) is 4.46. The van der Waals surface area contributed by atoms with Crippen LogP contribution in [0, 0.1) is 5.82 Å². The van der Waals surface area contributed by atoms with Gasteiger partial charge in [-0.1, -0.05) is 18.2 Å². The molecule has 0 saturated heterocycles. The lowest BCUT2D eigenvalue weighted by molar-refractivity contribution is -0.115. The van der Waals surface area contributed by atoms with E-state index in [-0.39, 0.29) is 18.3 Å². The number of benzene rings is 2. The van der Waals surface area contributed by atoms with E-state index >= 15 is 0 Å². The zero-order valence-electron chi connectivity index (χ0n) is 11.4. The Labute approximate surface area is 127 Å². The number of hydrogen-bond acceptors (Lipinski definition) is 3. The summed E-state index contributed by atoms with van der Waals surface area (Å²) < 4.78 is 13.0. The molecule has 0 spiro atoms. The van der Waals surface area contributed by atoms with Crippen LogP contribution >= 0.6 is 11.8 Å². The van der Waals surface area contributed by atoms with Crippen molar-refractivity contribution in [3.8, 4) is 0 Å². The van der Waals surface area contributed by atoms with Crippen LogP contribution in [0.15, 0.2) is 53.4 Å². The van der Waals surface area contributed by atoms with Crippen molar-refractivity contribution in [2.75, 3.05) is 11.1 Å².